The van der Waals surface area contributed by atoms with Crippen molar-refractivity contribution in [2.45, 2.75) is 17.9 Å². The maximum atomic E-state index is 12.6. The summed E-state index contributed by atoms with van der Waals surface area (Å²) in [6.45, 7) is 0.966. The molecule has 0 aliphatic rings. The molecule has 138 valence electrons. The van der Waals surface area contributed by atoms with Crippen LogP contribution in [-0.2, 0) is 16.6 Å². The van der Waals surface area contributed by atoms with Crippen molar-refractivity contribution in [3.63, 3.8) is 0 Å². The van der Waals surface area contributed by atoms with Gasteiger partial charge in [0.1, 0.15) is 22.0 Å². The summed E-state index contributed by atoms with van der Waals surface area (Å²) in [6, 6.07) is 10.6. The molecule has 1 N–H and O–H groups in total. The molecule has 26 heavy (non-hydrogen) atoms. The first kappa shape index (κ1) is 18.2. The molecule has 0 unspecified atom stereocenters. The topological polar surface area (TPSA) is 82.5 Å². The van der Waals surface area contributed by atoms with Crippen molar-refractivity contribution in [3.05, 3.63) is 48.8 Å². The number of aromatic nitrogens is 2. The van der Waals surface area contributed by atoms with Gasteiger partial charge in [0.25, 0.3) is 0 Å². The molecule has 0 bridgehead atoms. The zero-order valence-electron chi connectivity index (χ0n) is 14.7. The SMILES string of the molecule is COc1ccc(OC)c(S(=O)(=O)NCCCn2ccc3cccnc32)c1. The van der Waals surface area contributed by atoms with E-state index in [0.717, 1.165) is 11.0 Å². The molecular weight excluding hydrogens is 354 g/mol. The van der Waals surface area contributed by atoms with E-state index in [2.05, 4.69) is 9.71 Å². The minimum atomic E-state index is -3.70. The smallest absolute Gasteiger partial charge is 0.244 e. The molecule has 8 heteroatoms. The number of ether oxygens (including phenoxy) is 2. The summed E-state index contributed by atoms with van der Waals surface area (Å²) in [5.74, 6) is 0.731. The van der Waals surface area contributed by atoms with Gasteiger partial charge < -0.3 is 14.0 Å². The minimum absolute atomic E-state index is 0.0624. The van der Waals surface area contributed by atoms with Crippen LogP contribution >= 0.6 is 0 Å². The number of hydrogen-bond donors (Lipinski definition) is 1. The Hall–Kier alpha value is -2.58. The van der Waals surface area contributed by atoms with Crippen LogP contribution in [0.1, 0.15) is 6.42 Å². The number of aryl methyl sites for hydroxylation is 1. The lowest BCUT2D eigenvalue weighted by Gasteiger charge is -2.12. The Labute approximate surface area is 152 Å². The summed E-state index contributed by atoms with van der Waals surface area (Å²) in [4.78, 5) is 4.41. The van der Waals surface area contributed by atoms with E-state index in [1.807, 2.05) is 29.0 Å². The quantitative estimate of drug-likeness (QED) is 0.612. The van der Waals surface area contributed by atoms with Crippen LogP contribution in [0.25, 0.3) is 11.0 Å². The van der Waals surface area contributed by atoms with Crippen LogP contribution in [0.15, 0.2) is 53.7 Å². The number of hydrogen-bond acceptors (Lipinski definition) is 5. The van der Waals surface area contributed by atoms with Crippen molar-refractivity contribution in [3.8, 4) is 11.5 Å². The van der Waals surface area contributed by atoms with E-state index in [1.54, 1.807) is 18.3 Å². The highest BCUT2D eigenvalue weighted by atomic mass is 32.2. The average molecular weight is 375 g/mol. The van der Waals surface area contributed by atoms with Crippen LogP contribution in [0, 0.1) is 0 Å². The molecule has 2 aromatic heterocycles. The normalized spacial score (nSPS) is 11.6. The second kappa shape index (κ2) is 7.76. The first-order chi connectivity index (χ1) is 12.5. The predicted molar refractivity (Wildman–Crippen MR) is 99.1 cm³/mol. The lowest BCUT2D eigenvalue weighted by atomic mass is 10.3. The molecule has 0 saturated carbocycles. The minimum Gasteiger partial charge on any atom is -0.497 e. The molecule has 7 nitrogen and oxygen atoms in total. The Balaban J connectivity index is 1.65. The van der Waals surface area contributed by atoms with E-state index in [0.29, 0.717) is 25.3 Å². The fourth-order valence-corrected chi connectivity index (χ4v) is 3.98. The molecule has 3 rings (SSSR count). The first-order valence-corrected chi connectivity index (χ1v) is 9.65. The van der Waals surface area contributed by atoms with Gasteiger partial charge in [-0.1, -0.05) is 0 Å². The van der Waals surface area contributed by atoms with Crippen molar-refractivity contribution in [1.82, 2.24) is 14.3 Å². The largest absolute Gasteiger partial charge is 0.497 e. The molecule has 0 aliphatic heterocycles. The average Bonchev–Trinajstić information content (AvgIpc) is 3.08. The summed E-state index contributed by atoms with van der Waals surface area (Å²) < 4.78 is 40.1. The Morgan fingerprint density at radius 3 is 2.77 bits per heavy atom. The molecule has 3 aromatic rings. The Kier molecular flexibility index (Phi) is 5.43. The van der Waals surface area contributed by atoms with E-state index in [-0.39, 0.29) is 10.6 Å². The van der Waals surface area contributed by atoms with Crippen LogP contribution in [-0.4, -0.2) is 38.7 Å². The summed E-state index contributed by atoms with van der Waals surface area (Å²) in [7, 11) is -0.776. The van der Waals surface area contributed by atoms with E-state index in [9.17, 15) is 8.42 Å². The lowest BCUT2D eigenvalue weighted by molar-refractivity contribution is 0.392. The highest BCUT2D eigenvalue weighted by Gasteiger charge is 2.20. The van der Waals surface area contributed by atoms with Crippen molar-refractivity contribution in [1.29, 1.82) is 0 Å². The number of pyridine rings is 1. The van der Waals surface area contributed by atoms with E-state index in [4.69, 9.17) is 9.47 Å². The summed E-state index contributed by atoms with van der Waals surface area (Å²) >= 11 is 0. The van der Waals surface area contributed by atoms with Gasteiger partial charge in [0.2, 0.25) is 10.0 Å². The van der Waals surface area contributed by atoms with Crippen LogP contribution in [0.3, 0.4) is 0 Å². The highest BCUT2D eigenvalue weighted by Crippen LogP contribution is 2.27. The van der Waals surface area contributed by atoms with Crippen molar-refractivity contribution in [2.75, 3.05) is 20.8 Å². The van der Waals surface area contributed by atoms with Crippen molar-refractivity contribution in [2.24, 2.45) is 0 Å². The molecule has 1 aromatic carbocycles. The summed E-state index contributed by atoms with van der Waals surface area (Å²) in [6.07, 6.45) is 4.33. The van der Waals surface area contributed by atoms with Gasteiger partial charge >= 0.3 is 0 Å². The number of methoxy groups -OCH3 is 2. The standard InChI is InChI=1S/C18H21N3O4S/c1-24-15-6-7-16(25-2)17(13-15)26(22,23)20-10-4-11-21-12-8-14-5-3-9-19-18(14)21/h3,5-9,12-13,20H,4,10-11H2,1-2H3. The van der Waals surface area contributed by atoms with E-state index < -0.39 is 10.0 Å². The number of nitrogens with zero attached hydrogens (tertiary/aromatic N) is 2. The molecule has 2 heterocycles. The van der Waals surface area contributed by atoms with Gasteiger partial charge in [-0.2, -0.15) is 0 Å². The van der Waals surface area contributed by atoms with Crippen LogP contribution in [0.2, 0.25) is 0 Å². The molecule has 0 fully saturated rings. The predicted octanol–water partition coefficient (Wildman–Crippen LogP) is 2.42. The molecule has 0 saturated heterocycles. The zero-order valence-corrected chi connectivity index (χ0v) is 15.5. The first-order valence-electron chi connectivity index (χ1n) is 8.17. The third kappa shape index (κ3) is 3.81. The van der Waals surface area contributed by atoms with Gasteiger partial charge in [-0.05, 0) is 36.8 Å². The number of rotatable bonds is 8. The van der Waals surface area contributed by atoms with Crippen molar-refractivity contribution < 1.29 is 17.9 Å². The Bertz CT molecular complexity index is 999. The highest BCUT2D eigenvalue weighted by molar-refractivity contribution is 7.89. The molecular formula is C18H21N3O4S. The third-order valence-corrected chi connectivity index (χ3v) is 5.53. The van der Waals surface area contributed by atoms with Crippen LogP contribution < -0.4 is 14.2 Å². The third-order valence-electron chi connectivity index (χ3n) is 4.05. The number of sulfonamides is 1. The Morgan fingerprint density at radius 2 is 2.00 bits per heavy atom. The lowest BCUT2D eigenvalue weighted by Crippen LogP contribution is -2.26. The molecule has 0 aliphatic carbocycles. The fourth-order valence-electron chi connectivity index (χ4n) is 2.73. The van der Waals surface area contributed by atoms with Gasteiger partial charge in [0.15, 0.2) is 0 Å². The molecule has 0 amide bonds. The number of fused-ring (bicyclic) bond motifs is 1. The van der Waals surface area contributed by atoms with Gasteiger partial charge in [-0.15, -0.1) is 0 Å². The zero-order chi connectivity index (χ0) is 18.6. The number of benzene rings is 1. The van der Waals surface area contributed by atoms with Gasteiger partial charge in [0.05, 0.1) is 14.2 Å². The fraction of sp³-hybridized carbons (Fsp3) is 0.278. The monoisotopic (exact) mass is 375 g/mol. The summed E-state index contributed by atoms with van der Waals surface area (Å²) in [5, 5.41) is 1.06. The van der Waals surface area contributed by atoms with Crippen molar-refractivity contribution >= 4 is 21.1 Å². The van der Waals surface area contributed by atoms with Gasteiger partial charge in [-0.3, -0.25) is 0 Å². The Morgan fingerprint density at radius 1 is 1.15 bits per heavy atom. The molecule has 0 radical (unpaired) electrons. The van der Waals surface area contributed by atoms with Crippen LogP contribution in [0.5, 0.6) is 11.5 Å². The van der Waals surface area contributed by atoms with E-state index >= 15 is 0 Å². The van der Waals surface area contributed by atoms with Gasteiger partial charge in [0, 0.05) is 36.9 Å². The number of nitrogens with one attached hydrogen (secondary N) is 1. The second-order valence-corrected chi connectivity index (χ2v) is 7.43. The molecule has 0 spiro atoms. The second-order valence-electron chi connectivity index (χ2n) is 5.69. The summed E-state index contributed by atoms with van der Waals surface area (Å²) in [5.41, 5.74) is 0.893. The van der Waals surface area contributed by atoms with E-state index in [1.165, 1.54) is 20.3 Å². The van der Waals surface area contributed by atoms with Crippen LogP contribution in [0.4, 0.5) is 0 Å². The van der Waals surface area contributed by atoms with Gasteiger partial charge in [-0.25, -0.2) is 18.1 Å². The maximum absolute atomic E-state index is 12.6. The molecule has 0 atom stereocenters. The maximum Gasteiger partial charge on any atom is 0.244 e.